The molecule has 0 fully saturated rings. The zero-order chi connectivity index (χ0) is 4.95. The average molecular weight is 97.1 g/mol. The van der Waals surface area contributed by atoms with Crippen molar-refractivity contribution in [2.45, 2.75) is 12.8 Å². The third kappa shape index (κ3) is 1.74. The maximum absolute atomic E-state index is 4.98. The van der Waals surface area contributed by atoms with Gasteiger partial charge in [-0.15, -0.1) is 0 Å². The summed E-state index contributed by atoms with van der Waals surface area (Å²) in [6.07, 6.45) is 6.39. The molecule has 1 aliphatic heterocycles. The topological polar surface area (TPSA) is 9.23 Å². The van der Waals surface area contributed by atoms with Crippen molar-refractivity contribution in [1.82, 2.24) is 0 Å². The van der Waals surface area contributed by atoms with Gasteiger partial charge in [-0.05, 0) is 12.8 Å². The van der Waals surface area contributed by atoms with Crippen LogP contribution >= 0.6 is 0 Å². The van der Waals surface area contributed by atoms with Gasteiger partial charge in [0.1, 0.15) is 0 Å². The number of hydrogen-bond acceptors (Lipinski definition) is 1. The van der Waals surface area contributed by atoms with Gasteiger partial charge < -0.3 is 4.74 Å². The van der Waals surface area contributed by atoms with Crippen LogP contribution in [0, 0.1) is 6.61 Å². The van der Waals surface area contributed by atoms with E-state index in [1.807, 2.05) is 12.7 Å². The van der Waals surface area contributed by atoms with Gasteiger partial charge in [-0.3, -0.25) is 0 Å². The summed E-state index contributed by atoms with van der Waals surface area (Å²) in [6.45, 7) is 2.62. The van der Waals surface area contributed by atoms with Crippen LogP contribution in [0.5, 0.6) is 0 Å². The van der Waals surface area contributed by atoms with Gasteiger partial charge >= 0.3 is 0 Å². The fourth-order valence-electron chi connectivity index (χ4n) is 0.557. The molecule has 1 nitrogen and oxygen atoms in total. The lowest BCUT2D eigenvalue weighted by molar-refractivity contribution is 0.230. The lowest BCUT2D eigenvalue weighted by atomic mass is 10.3. The highest BCUT2D eigenvalue weighted by Crippen LogP contribution is 2.00. The molecule has 0 saturated carbocycles. The van der Waals surface area contributed by atoms with E-state index in [0.29, 0.717) is 0 Å². The smallest absolute Gasteiger partial charge is 0.0844 e. The first-order valence-electron chi connectivity index (χ1n) is 2.58. The van der Waals surface area contributed by atoms with E-state index >= 15 is 0 Å². The van der Waals surface area contributed by atoms with Crippen molar-refractivity contribution in [2.75, 3.05) is 6.61 Å². The molecule has 0 spiro atoms. The van der Waals surface area contributed by atoms with Gasteiger partial charge in [0.2, 0.25) is 0 Å². The summed E-state index contributed by atoms with van der Waals surface area (Å²) < 4.78 is 4.98. The predicted octanol–water partition coefficient (Wildman–Crippen LogP) is 1.51. The minimum atomic E-state index is 0.764. The maximum atomic E-state index is 4.98. The van der Waals surface area contributed by atoms with E-state index in [1.54, 1.807) is 0 Å². The van der Waals surface area contributed by atoms with E-state index in [2.05, 4.69) is 6.08 Å². The molecule has 0 aromatic carbocycles. The Morgan fingerprint density at radius 1 is 1.14 bits per heavy atom. The third-order valence-corrected chi connectivity index (χ3v) is 0.928. The molecule has 0 unspecified atom stereocenters. The normalized spacial score (nSPS) is 21.7. The summed E-state index contributed by atoms with van der Waals surface area (Å²) in [5, 5.41) is 0. The summed E-state index contributed by atoms with van der Waals surface area (Å²) in [5.41, 5.74) is 0. The van der Waals surface area contributed by atoms with Crippen molar-refractivity contribution in [3.05, 3.63) is 18.8 Å². The Morgan fingerprint density at radius 2 is 2.14 bits per heavy atom. The minimum absolute atomic E-state index is 0.764. The lowest BCUT2D eigenvalue weighted by Gasteiger charge is -1.89. The van der Waals surface area contributed by atoms with Gasteiger partial charge in [0, 0.05) is 0 Å². The van der Waals surface area contributed by atoms with Crippen molar-refractivity contribution in [3.63, 3.8) is 0 Å². The van der Waals surface area contributed by atoms with E-state index in [0.717, 1.165) is 19.4 Å². The monoisotopic (exact) mass is 97.1 g/mol. The summed E-state index contributed by atoms with van der Waals surface area (Å²) in [5.74, 6) is 0. The van der Waals surface area contributed by atoms with Crippen LogP contribution in [0.1, 0.15) is 12.8 Å². The fourth-order valence-corrected chi connectivity index (χ4v) is 0.557. The Hall–Kier alpha value is -0.300. The first-order chi connectivity index (χ1) is 3.50. The fraction of sp³-hybridized carbons (Fsp3) is 0.500. The van der Waals surface area contributed by atoms with Crippen molar-refractivity contribution >= 4 is 0 Å². The van der Waals surface area contributed by atoms with Crippen LogP contribution < -0.4 is 0 Å². The minimum Gasteiger partial charge on any atom is -0.371 e. The van der Waals surface area contributed by atoms with Crippen molar-refractivity contribution in [1.29, 1.82) is 0 Å². The lowest BCUT2D eigenvalue weighted by Crippen LogP contribution is -1.81. The molecule has 0 atom stereocenters. The molecule has 0 aliphatic carbocycles. The molecular formula is C6H9O. The van der Waals surface area contributed by atoms with Gasteiger partial charge in [0.15, 0.2) is 0 Å². The second-order valence-electron chi connectivity index (χ2n) is 1.55. The van der Waals surface area contributed by atoms with Crippen LogP contribution in [0.25, 0.3) is 0 Å². The Labute approximate surface area is 44.0 Å². The number of ether oxygens (including phenoxy) is 1. The SMILES string of the molecule is [CH]1CCC=CCO1. The van der Waals surface area contributed by atoms with Gasteiger partial charge in [-0.2, -0.15) is 0 Å². The van der Waals surface area contributed by atoms with Crippen molar-refractivity contribution in [3.8, 4) is 0 Å². The maximum Gasteiger partial charge on any atom is 0.0844 e. The van der Waals surface area contributed by atoms with E-state index < -0.39 is 0 Å². The van der Waals surface area contributed by atoms with Crippen LogP contribution in [-0.4, -0.2) is 6.61 Å². The molecular weight excluding hydrogens is 88.1 g/mol. The van der Waals surface area contributed by atoms with Gasteiger partial charge in [0.25, 0.3) is 0 Å². The largest absolute Gasteiger partial charge is 0.371 e. The number of rotatable bonds is 0. The molecule has 39 valence electrons. The first-order valence-corrected chi connectivity index (χ1v) is 2.58. The number of hydrogen-bond donors (Lipinski definition) is 0. The quantitative estimate of drug-likeness (QED) is 0.416. The van der Waals surface area contributed by atoms with Gasteiger partial charge in [0.05, 0.1) is 13.2 Å². The molecule has 0 bridgehead atoms. The van der Waals surface area contributed by atoms with Crippen molar-refractivity contribution in [2.24, 2.45) is 0 Å². The Balaban J connectivity index is 2.20. The molecule has 0 N–H and O–H groups in total. The van der Waals surface area contributed by atoms with Gasteiger partial charge in [-0.1, -0.05) is 12.2 Å². The molecule has 1 aliphatic rings. The molecule has 0 aromatic heterocycles. The highest BCUT2D eigenvalue weighted by Gasteiger charge is 1.88. The molecule has 0 saturated heterocycles. The molecule has 7 heavy (non-hydrogen) atoms. The standard InChI is InChI=1S/C6H9O/c1-2-4-6-7-5-3-1/h1,3,6H,2,4-5H2. The zero-order valence-electron chi connectivity index (χ0n) is 4.26. The third-order valence-electron chi connectivity index (χ3n) is 0.928. The van der Waals surface area contributed by atoms with E-state index in [1.165, 1.54) is 0 Å². The van der Waals surface area contributed by atoms with Crippen LogP contribution in [0.2, 0.25) is 0 Å². The second-order valence-corrected chi connectivity index (χ2v) is 1.55. The Kier molecular flexibility index (Phi) is 1.94. The van der Waals surface area contributed by atoms with E-state index in [4.69, 9.17) is 4.74 Å². The predicted molar refractivity (Wildman–Crippen MR) is 28.6 cm³/mol. The van der Waals surface area contributed by atoms with Crippen LogP contribution in [-0.2, 0) is 4.74 Å². The second kappa shape index (κ2) is 2.80. The molecule has 1 heteroatoms. The van der Waals surface area contributed by atoms with E-state index in [-0.39, 0.29) is 0 Å². The van der Waals surface area contributed by atoms with Crippen LogP contribution in [0.4, 0.5) is 0 Å². The zero-order valence-corrected chi connectivity index (χ0v) is 4.26. The molecule has 1 heterocycles. The Morgan fingerprint density at radius 3 is 3.14 bits per heavy atom. The summed E-state index contributed by atoms with van der Waals surface area (Å²) in [4.78, 5) is 0. The molecule has 1 rings (SSSR count). The average Bonchev–Trinajstić information content (AvgIpc) is 1.90. The summed E-state index contributed by atoms with van der Waals surface area (Å²) in [6, 6.07) is 0. The molecule has 0 aromatic rings. The van der Waals surface area contributed by atoms with Crippen LogP contribution in [0.3, 0.4) is 0 Å². The summed E-state index contributed by atoms with van der Waals surface area (Å²) in [7, 11) is 0. The molecule has 0 amide bonds. The first kappa shape index (κ1) is 4.85. The van der Waals surface area contributed by atoms with Crippen LogP contribution in [0.15, 0.2) is 12.2 Å². The highest BCUT2D eigenvalue weighted by atomic mass is 16.5. The van der Waals surface area contributed by atoms with E-state index in [9.17, 15) is 0 Å². The van der Waals surface area contributed by atoms with Crippen molar-refractivity contribution < 1.29 is 4.74 Å². The van der Waals surface area contributed by atoms with Gasteiger partial charge in [-0.25, -0.2) is 0 Å². The molecule has 1 radical (unpaired) electrons. The number of allylic oxidation sites excluding steroid dienone is 1. The summed E-state index contributed by atoms with van der Waals surface area (Å²) >= 11 is 0. The Bertz CT molecular complexity index is 58.6. The highest BCUT2D eigenvalue weighted by molar-refractivity contribution is 4.85.